The van der Waals surface area contributed by atoms with E-state index in [1.807, 2.05) is 28.8 Å². The zero-order chi connectivity index (χ0) is 22.6. The molecule has 6 nitrogen and oxygen atoms in total. The molecule has 3 heterocycles. The van der Waals surface area contributed by atoms with Crippen molar-refractivity contribution in [3.63, 3.8) is 0 Å². The number of nitrogens with zero attached hydrogens (tertiary/aromatic N) is 2. The van der Waals surface area contributed by atoms with Crippen LogP contribution in [0.3, 0.4) is 0 Å². The first-order valence-corrected chi connectivity index (χ1v) is 12.9. The number of para-hydroxylation sites is 1. The zero-order valence-electron chi connectivity index (χ0n) is 19.3. The van der Waals surface area contributed by atoms with Gasteiger partial charge < -0.3 is 24.0 Å². The summed E-state index contributed by atoms with van der Waals surface area (Å²) in [5.41, 5.74) is 2.45. The van der Waals surface area contributed by atoms with Crippen LogP contribution < -0.4 is 14.2 Å². The first kappa shape index (κ1) is 22.4. The van der Waals surface area contributed by atoms with E-state index < -0.39 is 0 Å². The summed E-state index contributed by atoms with van der Waals surface area (Å²) in [5.74, 6) is 4.50. The second kappa shape index (κ2) is 10.3. The van der Waals surface area contributed by atoms with Crippen molar-refractivity contribution in [3.05, 3.63) is 47.5 Å². The van der Waals surface area contributed by atoms with Gasteiger partial charge in [0.15, 0.2) is 11.5 Å². The molecule has 7 heteroatoms. The van der Waals surface area contributed by atoms with Gasteiger partial charge in [0.1, 0.15) is 5.75 Å². The number of carbonyl (C=O) groups is 1. The lowest BCUT2D eigenvalue weighted by Crippen LogP contribution is -2.38. The van der Waals surface area contributed by atoms with Crippen LogP contribution in [0.25, 0.3) is 0 Å². The topological polar surface area (TPSA) is 51.2 Å². The lowest BCUT2D eigenvalue weighted by atomic mass is 9.89. The number of likely N-dealkylation sites (tertiary alicyclic amines) is 1. The average Bonchev–Trinajstić information content (AvgIpc) is 3.23. The molecule has 0 aliphatic carbocycles. The first-order chi connectivity index (χ1) is 16.2. The Hall–Kier alpha value is -2.38. The highest BCUT2D eigenvalue weighted by Crippen LogP contribution is 2.37. The molecule has 1 saturated heterocycles. The number of hydrogen-bond acceptors (Lipinski definition) is 6. The number of ether oxygens (including phenoxy) is 3. The van der Waals surface area contributed by atoms with Crippen LogP contribution in [0.4, 0.5) is 0 Å². The summed E-state index contributed by atoms with van der Waals surface area (Å²) in [5, 5.41) is 0. The third-order valence-corrected chi connectivity index (χ3v) is 8.03. The van der Waals surface area contributed by atoms with E-state index in [4.69, 9.17) is 14.2 Å². The van der Waals surface area contributed by atoms with Gasteiger partial charge in [-0.25, -0.2) is 0 Å². The second-order valence-corrected chi connectivity index (χ2v) is 10.2. The maximum atomic E-state index is 13.0. The van der Waals surface area contributed by atoms with E-state index in [-0.39, 0.29) is 5.91 Å². The highest BCUT2D eigenvalue weighted by molar-refractivity contribution is 7.99. The van der Waals surface area contributed by atoms with Crippen LogP contribution in [-0.2, 0) is 17.8 Å². The Bertz CT molecular complexity index is 990. The Morgan fingerprint density at radius 1 is 1.15 bits per heavy atom. The van der Waals surface area contributed by atoms with Crippen molar-refractivity contribution < 1.29 is 19.0 Å². The Labute approximate surface area is 200 Å². The molecule has 5 rings (SSSR count). The van der Waals surface area contributed by atoms with Crippen LogP contribution in [-0.4, -0.2) is 61.5 Å². The first-order valence-electron chi connectivity index (χ1n) is 11.9. The molecular weight excluding hydrogens is 436 g/mol. The number of piperidine rings is 1. The molecule has 1 amide bonds. The van der Waals surface area contributed by atoms with Crippen molar-refractivity contribution in [2.24, 2.45) is 5.92 Å². The normalized spacial score (nSPS) is 18.6. The van der Waals surface area contributed by atoms with Gasteiger partial charge >= 0.3 is 0 Å². The van der Waals surface area contributed by atoms with Crippen molar-refractivity contribution in [1.29, 1.82) is 0 Å². The molecule has 33 heavy (non-hydrogen) atoms. The highest BCUT2D eigenvalue weighted by atomic mass is 32.2. The number of rotatable bonds is 6. The van der Waals surface area contributed by atoms with E-state index >= 15 is 0 Å². The fourth-order valence-electron chi connectivity index (χ4n) is 5.00. The summed E-state index contributed by atoms with van der Waals surface area (Å²) in [6.07, 6.45) is 3.94. The molecule has 2 aromatic carbocycles. The Balaban J connectivity index is 1.09. The standard InChI is InChI=1S/C26H32N2O4S/c1-30-22-5-6-24-21(16-22)17-28(13-14-33-24)25(29)9-12-27-10-7-19(8-11-27)15-20-3-2-4-23-26(20)32-18-31-23/h2-6,16,19H,7-15,17-18H2,1H3. The predicted molar refractivity (Wildman–Crippen MR) is 129 cm³/mol. The summed E-state index contributed by atoms with van der Waals surface area (Å²) in [6.45, 7) is 4.76. The lowest BCUT2D eigenvalue weighted by molar-refractivity contribution is -0.132. The van der Waals surface area contributed by atoms with Crippen LogP contribution in [0, 0.1) is 5.92 Å². The molecule has 0 atom stereocenters. The molecule has 3 aliphatic rings. The smallest absolute Gasteiger partial charge is 0.231 e. The molecule has 176 valence electrons. The van der Waals surface area contributed by atoms with E-state index in [9.17, 15) is 4.79 Å². The maximum Gasteiger partial charge on any atom is 0.231 e. The molecule has 0 N–H and O–H groups in total. The van der Waals surface area contributed by atoms with Crippen LogP contribution in [0.5, 0.6) is 17.2 Å². The Kier molecular flexibility index (Phi) is 6.97. The number of methoxy groups -OCH3 is 1. The molecule has 0 spiro atoms. The van der Waals surface area contributed by atoms with Gasteiger partial charge in [-0.15, -0.1) is 11.8 Å². The third-order valence-electron chi connectivity index (χ3n) is 6.94. The van der Waals surface area contributed by atoms with Crippen LogP contribution in [0.15, 0.2) is 41.3 Å². The monoisotopic (exact) mass is 468 g/mol. The van der Waals surface area contributed by atoms with Crippen molar-refractivity contribution in [2.75, 3.05) is 45.8 Å². The summed E-state index contributed by atoms with van der Waals surface area (Å²) < 4.78 is 16.6. The second-order valence-electron chi connectivity index (χ2n) is 9.03. The van der Waals surface area contributed by atoms with Crippen LogP contribution in [0.2, 0.25) is 0 Å². The molecular formula is C26H32N2O4S. The quantitative estimate of drug-likeness (QED) is 0.633. The number of benzene rings is 2. The van der Waals surface area contributed by atoms with E-state index in [1.165, 1.54) is 16.0 Å². The molecule has 0 bridgehead atoms. The number of carbonyl (C=O) groups excluding carboxylic acids is 1. The SMILES string of the molecule is COc1ccc2c(c1)CN(C(=O)CCN1CCC(Cc3cccc4c3OCO4)CC1)CCS2. The van der Waals surface area contributed by atoms with Gasteiger partial charge in [0.05, 0.1) is 7.11 Å². The number of thioether (sulfide) groups is 1. The van der Waals surface area contributed by atoms with Crippen molar-refractivity contribution in [3.8, 4) is 17.2 Å². The fourth-order valence-corrected chi connectivity index (χ4v) is 6.00. The van der Waals surface area contributed by atoms with Crippen molar-refractivity contribution in [1.82, 2.24) is 9.80 Å². The number of amides is 1. The molecule has 0 aromatic heterocycles. The summed E-state index contributed by atoms with van der Waals surface area (Å²) in [7, 11) is 1.69. The maximum absolute atomic E-state index is 13.0. The zero-order valence-corrected chi connectivity index (χ0v) is 20.1. The predicted octanol–water partition coefficient (Wildman–Crippen LogP) is 4.20. The van der Waals surface area contributed by atoms with Gasteiger partial charge in [0, 0.05) is 36.7 Å². The van der Waals surface area contributed by atoms with Crippen LogP contribution >= 0.6 is 11.8 Å². The number of fused-ring (bicyclic) bond motifs is 2. The Morgan fingerprint density at radius 3 is 2.88 bits per heavy atom. The Morgan fingerprint density at radius 2 is 2.03 bits per heavy atom. The van der Waals surface area contributed by atoms with Gasteiger partial charge in [0.25, 0.3) is 0 Å². The van der Waals surface area contributed by atoms with Gasteiger partial charge in [-0.1, -0.05) is 12.1 Å². The molecule has 1 fully saturated rings. The van der Waals surface area contributed by atoms with Gasteiger partial charge in [-0.2, -0.15) is 0 Å². The lowest BCUT2D eigenvalue weighted by Gasteiger charge is -2.32. The van der Waals surface area contributed by atoms with E-state index in [2.05, 4.69) is 29.2 Å². The highest BCUT2D eigenvalue weighted by Gasteiger charge is 2.25. The summed E-state index contributed by atoms with van der Waals surface area (Å²) in [4.78, 5) is 18.7. The minimum absolute atomic E-state index is 0.255. The van der Waals surface area contributed by atoms with Gasteiger partial charge in [0.2, 0.25) is 12.7 Å². The molecule has 0 unspecified atom stereocenters. The van der Waals surface area contributed by atoms with Gasteiger partial charge in [-0.3, -0.25) is 4.79 Å². The van der Waals surface area contributed by atoms with Crippen LogP contribution in [0.1, 0.15) is 30.4 Å². The molecule has 2 aromatic rings. The van der Waals surface area contributed by atoms with Crippen molar-refractivity contribution in [2.45, 2.75) is 37.1 Å². The summed E-state index contributed by atoms with van der Waals surface area (Å²) >= 11 is 1.83. The molecule has 0 saturated carbocycles. The largest absolute Gasteiger partial charge is 0.497 e. The van der Waals surface area contributed by atoms with E-state index in [1.54, 1.807) is 7.11 Å². The molecule has 0 radical (unpaired) electrons. The minimum Gasteiger partial charge on any atom is -0.497 e. The van der Waals surface area contributed by atoms with Crippen molar-refractivity contribution >= 4 is 17.7 Å². The summed E-state index contributed by atoms with van der Waals surface area (Å²) in [6, 6.07) is 12.4. The minimum atomic E-state index is 0.255. The van der Waals surface area contributed by atoms with Gasteiger partial charge in [-0.05, 0) is 73.7 Å². The average molecular weight is 469 g/mol. The third kappa shape index (κ3) is 5.25. The number of hydrogen-bond donors (Lipinski definition) is 0. The molecule has 3 aliphatic heterocycles. The van der Waals surface area contributed by atoms with E-state index in [0.717, 1.165) is 68.4 Å². The fraction of sp³-hybridized carbons (Fsp3) is 0.500. The van der Waals surface area contributed by atoms with E-state index in [0.29, 0.717) is 25.7 Å².